The van der Waals surface area contributed by atoms with Gasteiger partial charge in [0, 0.05) is 30.5 Å². The third-order valence-electron chi connectivity index (χ3n) is 5.44. The normalized spacial score (nSPS) is 16.0. The second-order valence-electron chi connectivity index (χ2n) is 7.48. The van der Waals surface area contributed by atoms with Crippen LogP contribution in [0, 0.1) is 6.92 Å². The zero-order valence-corrected chi connectivity index (χ0v) is 18.3. The molecule has 1 aliphatic rings. The summed E-state index contributed by atoms with van der Waals surface area (Å²) in [5.74, 6) is 0.830. The molecule has 0 amide bonds. The molecule has 31 heavy (non-hydrogen) atoms. The molecule has 1 aromatic carbocycles. The Hall–Kier alpha value is -3.17. The molecule has 8 nitrogen and oxygen atoms in total. The molecule has 5 rings (SSSR count). The van der Waals surface area contributed by atoms with Crippen molar-refractivity contribution in [2.75, 3.05) is 25.6 Å². The summed E-state index contributed by atoms with van der Waals surface area (Å²) < 4.78 is 12.7. The van der Waals surface area contributed by atoms with Crippen molar-refractivity contribution in [3.05, 3.63) is 54.0 Å². The second-order valence-corrected chi connectivity index (χ2v) is 8.48. The van der Waals surface area contributed by atoms with Crippen LogP contribution in [0.15, 0.2) is 42.7 Å². The molecule has 1 fully saturated rings. The zero-order chi connectivity index (χ0) is 21.2. The van der Waals surface area contributed by atoms with Crippen LogP contribution in [0.1, 0.15) is 23.7 Å². The minimum absolute atomic E-state index is 0.331. The largest absolute Gasteiger partial charge is 0.497 e. The summed E-state index contributed by atoms with van der Waals surface area (Å²) in [5, 5.41) is 16.4. The maximum atomic E-state index is 5.48. The van der Waals surface area contributed by atoms with E-state index in [1.165, 1.54) is 0 Å². The van der Waals surface area contributed by atoms with Gasteiger partial charge in [-0.25, -0.2) is 4.98 Å². The fourth-order valence-electron chi connectivity index (χ4n) is 3.73. The molecular formula is C22H24N6O2S. The topological polar surface area (TPSA) is 89.9 Å². The maximum Gasteiger partial charge on any atom is 0.183 e. The molecule has 160 valence electrons. The number of benzene rings is 1. The van der Waals surface area contributed by atoms with Crippen LogP contribution in [0.4, 0.5) is 5.13 Å². The molecular weight excluding hydrogens is 412 g/mol. The van der Waals surface area contributed by atoms with Gasteiger partial charge in [0.15, 0.2) is 5.13 Å². The standard InChI is InChI=1S/C22H24N6O2S/c1-14-21(19-7-9-28(27-19)17-8-10-30-13-17)31-22(25-14)23-11-16-12-24-26-20(16)15-3-5-18(29-2)6-4-15/h3-7,9,12,17H,8,10-11,13H2,1-2H3,(H,23,25)(H,24,26)/t17-/m1/s1. The number of ether oxygens (including phenoxy) is 2. The van der Waals surface area contributed by atoms with Gasteiger partial charge in [0.05, 0.1) is 42.2 Å². The summed E-state index contributed by atoms with van der Waals surface area (Å²) >= 11 is 1.62. The van der Waals surface area contributed by atoms with Gasteiger partial charge in [0.2, 0.25) is 0 Å². The lowest BCUT2D eigenvalue weighted by Crippen LogP contribution is -2.08. The lowest BCUT2D eigenvalue weighted by molar-refractivity contribution is 0.184. The van der Waals surface area contributed by atoms with E-state index in [1.54, 1.807) is 18.4 Å². The molecule has 1 saturated heterocycles. The third-order valence-corrected chi connectivity index (χ3v) is 6.58. The Morgan fingerprint density at radius 1 is 1.29 bits per heavy atom. The Bertz CT molecular complexity index is 1160. The monoisotopic (exact) mass is 436 g/mol. The lowest BCUT2D eigenvalue weighted by Gasteiger charge is -2.06. The number of aromatic amines is 1. The minimum Gasteiger partial charge on any atom is -0.497 e. The Balaban J connectivity index is 1.30. The van der Waals surface area contributed by atoms with Crippen LogP contribution in [0.5, 0.6) is 5.75 Å². The zero-order valence-electron chi connectivity index (χ0n) is 17.5. The highest BCUT2D eigenvalue weighted by Crippen LogP contribution is 2.33. The molecule has 1 atom stereocenters. The number of anilines is 1. The highest BCUT2D eigenvalue weighted by atomic mass is 32.1. The average Bonchev–Trinajstić information content (AvgIpc) is 3.59. The van der Waals surface area contributed by atoms with E-state index in [2.05, 4.69) is 21.6 Å². The van der Waals surface area contributed by atoms with Gasteiger partial charge in [-0.3, -0.25) is 9.78 Å². The van der Waals surface area contributed by atoms with E-state index >= 15 is 0 Å². The Labute approximate surface area is 184 Å². The van der Waals surface area contributed by atoms with E-state index in [0.717, 1.165) is 63.6 Å². The van der Waals surface area contributed by atoms with Crippen molar-refractivity contribution in [3.8, 4) is 27.6 Å². The number of thiazole rings is 1. The van der Waals surface area contributed by atoms with Crippen molar-refractivity contribution in [3.63, 3.8) is 0 Å². The van der Waals surface area contributed by atoms with Gasteiger partial charge in [-0.15, -0.1) is 0 Å². The predicted molar refractivity (Wildman–Crippen MR) is 120 cm³/mol. The molecule has 4 aromatic rings. The van der Waals surface area contributed by atoms with Crippen molar-refractivity contribution < 1.29 is 9.47 Å². The van der Waals surface area contributed by atoms with Crippen LogP contribution < -0.4 is 10.1 Å². The van der Waals surface area contributed by atoms with Crippen LogP contribution in [0.25, 0.3) is 21.8 Å². The number of H-pyrrole nitrogens is 1. The van der Waals surface area contributed by atoms with Gasteiger partial charge in [0.1, 0.15) is 11.4 Å². The summed E-state index contributed by atoms with van der Waals surface area (Å²) in [4.78, 5) is 5.79. The Kier molecular flexibility index (Phi) is 5.44. The number of nitrogens with zero attached hydrogens (tertiary/aromatic N) is 4. The Morgan fingerprint density at radius 3 is 2.94 bits per heavy atom. The molecule has 0 aliphatic carbocycles. The van der Waals surface area contributed by atoms with E-state index in [0.29, 0.717) is 12.6 Å². The van der Waals surface area contributed by atoms with Crippen molar-refractivity contribution in [1.29, 1.82) is 0 Å². The lowest BCUT2D eigenvalue weighted by atomic mass is 10.1. The Morgan fingerprint density at radius 2 is 2.16 bits per heavy atom. The maximum absolute atomic E-state index is 5.48. The van der Waals surface area contributed by atoms with E-state index in [1.807, 2.05) is 48.3 Å². The predicted octanol–water partition coefficient (Wildman–Crippen LogP) is 4.29. The van der Waals surface area contributed by atoms with Crippen LogP contribution in [0.3, 0.4) is 0 Å². The molecule has 1 aliphatic heterocycles. The van der Waals surface area contributed by atoms with Crippen molar-refractivity contribution >= 4 is 16.5 Å². The van der Waals surface area contributed by atoms with Gasteiger partial charge < -0.3 is 14.8 Å². The number of aromatic nitrogens is 5. The van der Waals surface area contributed by atoms with Gasteiger partial charge in [0.25, 0.3) is 0 Å². The van der Waals surface area contributed by atoms with Gasteiger partial charge >= 0.3 is 0 Å². The first-order valence-corrected chi connectivity index (χ1v) is 11.0. The molecule has 2 N–H and O–H groups in total. The van der Waals surface area contributed by atoms with E-state index < -0.39 is 0 Å². The number of rotatable bonds is 7. The second kappa shape index (κ2) is 8.52. The smallest absolute Gasteiger partial charge is 0.183 e. The number of hydrogen-bond acceptors (Lipinski definition) is 7. The first-order valence-electron chi connectivity index (χ1n) is 10.2. The summed E-state index contributed by atoms with van der Waals surface area (Å²) in [5.41, 5.74) is 5.05. The summed E-state index contributed by atoms with van der Waals surface area (Å²) in [6.07, 6.45) is 4.89. The van der Waals surface area contributed by atoms with Crippen molar-refractivity contribution in [2.24, 2.45) is 0 Å². The van der Waals surface area contributed by atoms with Crippen molar-refractivity contribution in [1.82, 2.24) is 25.0 Å². The molecule has 0 saturated carbocycles. The summed E-state index contributed by atoms with van der Waals surface area (Å²) in [6, 6.07) is 10.3. The van der Waals surface area contributed by atoms with E-state index in [9.17, 15) is 0 Å². The van der Waals surface area contributed by atoms with E-state index in [4.69, 9.17) is 19.6 Å². The number of hydrogen-bond donors (Lipinski definition) is 2. The molecule has 4 heterocycles. The number of aryl methyl sites for hydroxylation is 1. The van der Waals surface area contributed by atoms with Crippen LogP contribution >= 0.6 is 11.3 Å². The summed E-state index contributed by atoms with van der Waals surface area (Å²) in [6.45, 7) is 4.18. The van der Waals surface area contributed by atoms with Gasteiger partial charge in [-0.1, -0.05) is 11.3 Å². The quantitative estimate of drug-likeness (QED) is 0.449. The first kappa shape index (κ1) is 19.8. The minimum atomic E-state index is 0.331. The molecule has 9 heteroatoms. The van der Waals surface area contributed by atoms with Gasteiger partial charge in [-0.2, -0.15) is 10.2 Å². The van der Waals surface area contributed by atoms with Crippen molar-refractivity contribution in [2.45, 2.75) is 25.9 Å². The SMILES string of the molecule is COc1ccc(-c2[nH]ncc2CNc2nc(C)c(-c3ccn([C@@H]4CCOC4)n3)s2)cc1. The highest BCUT2D eigenvalue weighted by molar-refractivity contribution is 7.19. The number of nitrogens with one attached hydrogen (secondary N) is 2. The first-order chi connectivity index (χ1) is 15.2. The fraction of sp³-hybridized carbons (Fsp3) is 0.318. The van der Waals surface area contributed by atoms with Gasteiger partial charge in [-0.05, 0) is 43.7 Å². The van der Waals surface area contributed by atoms with Crippen LogP contribution in [-0.4, -0.2) is 45.3 Å². The van der Waals surface area contributed by atoms with Crippen LogP contribution in [-0.2, 0) is 11.3 Å². The van der Waals surface area contributed by atoms with Crippen LogP contribution in [0.2, 0.25) is 0 Å². The van der Waals surface area contributed by atoms with E-state index in [-0.39, 0.29) is 0 Å². The third kappa shape index (κ3) is 4.06. The molecule has 3 aromatic heterocycles. The molecule has 0 radical (unpaired) electrons. The summed E-state index contributed by atoms with van der Waals surface area (Å²) in [7, 11) is 1.67. The average molecular weight is 437 g/mol. The molecule has 0 unspecified atom stereocenters. The fourth-order valence-corrected chi connectivity index (χ4v) is 4.65. The number of methoxy groups -OCH3 is 1. The molecule has 0 spiro atoms. The highest BCUT2D eigenvalue weighted by Gasteiger charge is 2.20. The molecule has 0 bridgehead atoms.